The second-order valence-corrected chi connectivity index (χ2v) is 8.06. The number of primary amides is 1. The standard InChI is InChI=1S/C25H22N2O3S/c26-23(28)15-27(19-11-5-2-6-12-19)25(29)24-21(20-13-7-8-14-22(20)30-24)17-31-16-18-9-3-1-4-10-18/h1-14H,15-17H2,(H2,26,28). The van der Waals surface area contributed by atoms with Crippen molar-refractivity contribution in [2.45, 2.75) is 11.5 Å². The van der Waals surface area contributed by atoms with Gasteiger partial charge in [-0.15, -0.1) is 0 Å². The van der Waals surface area contributed by atoms with Crippen molar-refractivity contribution in [1.29, 1.82) is 0 Å². The Hall–Kier alpha value is -3.51. The highest BCUT2D eigenvalue weighted by atomic mass is 32.2. The average molecular weight is 431 g/mol. The molecule has 6 heteroatoms. The Labute approximate surface area is 184 Å². The van der Waals surface area contributed by atoms with Gasteiger partial charge < -0.3 is 10.2 Å². The number of anilines is 1. The molecule has 4 rings (SSSR count). The molecule has 1 heterocycles. The summed E-state index contributed by atoms with van der Waals surface area (Å²) in [6.07, 6.45) is 0. The van der Waals surface area contributed by atoms with Crippen LogP contribution in [0.5, 0.6) is 0 Å². The highest BCUT2D eigenvalue weighted by molar-refractivity contribution is 7.97. The lowest BCUT2D eigenvalue weighted by atomic mass is 10.1. The molecule has 31 heavy (non-hydrogen) atoms. The Morgan fingerprint density at radius 1 is 0.839 bits per heavy atom. The second kappa shape index (κ2) is 9.53. The van der Waals surface area contributed by atoms with E-state index in [-0.39, 0.29) is 18.2 Å². The summed E-state index contributed by atoms with van der Waals surface area (Å²) in [4.78, 5) is 26.6. The summed E-state index contributed by atoms with van der Waals surface area (Å²) in [5.41, 5.74) is 8.72. The lowest BCUT2D eigenvalue weighted by Crippen LogP contribution is -2.38. The van der Waals surface area contributed by atoms with Gasteiger partial charge in [-0.2, -0.15) is 11.8 Å². The van der Waals surface area contributed by atoms with Crippen molar-refractivity contribution in [2.24, 2.45) is 5.73 Å². The molecule has 0 unspecified atom stereocenters. The zero-order valence-corrected chi connectivity index (χ0v) is 17.7. The molecule has 0 saturated carbocycles. The van der Waals surface area contributed by atoms with E-state index >= 15 is 0 Å². The number of rotatable bonds is 8. The number of thioether (sulfide) groups is 1. The van der Waals surface area contributed by atoms with Crippen LogP contribution in [-0.4, -0.2) is 18.4 Å². The summed E-state index contributed by atoms with van der Waals surface area (Å²) in [5.74, 6) is 0.695. The fourth-order valence-electron chi connectivity index (χ4n) is 3.43. The molecule has 4 aromatic rings. The van der Waals surface area contributed by atoms with Gasteiger partial charge in [-0.3, -0.25) is 14.5 Å². The van der Waals surface area contributed by atoms with Crippen LogP contribution < -0.4 is 10.6 Å². The second-order valence-electron chi connectivity index (χ2n) is 7.08. The summed E-state index contributed by atoms with van der Waals surface area (Å²) in [6, 6.07) is 26.8. The molecule has 0 aliphatic carbocycles. The van der Waals surface area contributed by atoms with E-state index in [1.165, 1.54) is 10.5 Å². The van der Waals surface area contributed by atoms with Gasteiger partial charge in [0.1, 0.15) is 12.1 Å². The van der Waals surface area contributed by atoms with Crippen molar-refractivity contribution < 1.29 is 14.0 Å². The van der Waals surface area contributed by atoms with Gasteiger partial charge in [-0.05, 0) is 23.8 Å². The van der Waals surface area contributed by atoms with Crippen molar-refractivity contribution >= 4 is 40.2 Å². The predicted octanol–water partition coefficient (Wildman–Crippen LogP) is 5.00. The molecular weight excluding hydrogens is 408 g/mol. The Morgan fingerprint density at radius 3 is 2.19 bits per heavy atom. The van der Waals surface area contributed by atoms with E-state index in [0.29, 0.717) is 17.0 Å². The number of fused-ring (bicyclic) bond motifs is 1. The van der Waals surface area contributed by atoms with Crippen molar-refractivity contribution in [3.05, 3.63) is 102 Å². The van der Waals surface area contributed by atoms with Crippen molar-refractivity contribution in [1.82, 2.24) is 0 Å². The number of para-hydroxylation sites is 2. The first-order chi connectivity index (χ1) is 15.1. The van der Waals surface area contributed by atoms with Crippen LogP contribution in [0.1, 0.15) is 21.7 Å². The lowest BCUT2D eigenvalue weighted by molar-refractivity contribution is -0.116. The molecule has 0 fully saturated rings. The Kier molecular flexibility index (Phi) is 6.38. The molecule has 0 aliphatic heterocycles. The van der Waals surface area contributed by atoms with Gasteiger partial charge >= 0.3 is 0 Å². The minimum absolute atomic E-state index is 0.226. The molecule has 0 bridgehead atoms. The van der Waals surface area contributed by atoms with Gasteiger partial charge in [0, 0.05) is 28.1 Å². The Bertz CT molecular complexity index is 1190. The number of nitrogens with two attached hydrogens (primary N) is 1. The number of carbonyl (C=O) groups excluding carboxylic acids is 2. The van der Waals surface area contributed by atoms with Gasteiger partial charge in [0.25, 0.3) is 5.91 Å². The number of hydrogen-bond donors (Lipinski definition) is 1. The number of nitrogens with zero attached hydrogens (tertiary/aromatic N) is 1. The number of hydrogen-bond acceptors (Lipinski definition) is 4. The van der Waals surface area contributed by atoms with E-state index < -0.39 is 5.91 Å². The third kappa shape index (κ3) is 4.81. The number of carbonyl (C=O) groups is 2. The number of benzene rings is 3. The molecule has 2 amide bonds. The Morgan fingerprint density at radius 2 is 1.48 bits per heavy atom. The molecule has 3 aromatic carbocycles. The van der Waals surface area contributed by atoms with Crippen molar-refractivity contribution in [3.63, 3.8) is 0 Å². The lowest BCUT2D eigenvalue weighted by Gasteiger charge is -2.20. The van der Waals surface area contributed by atoms with E-state index in [4.69, 9.17) is 10.2 Å². The zero-order chi connectivity index (χ0) is 21.6. The molecule has 0 saturated heterocycles. The molecule has 2 N–H and O–H groups in total. The third-order valence-electron chi connectivity index (χ3n) is 4.88. The quantitative estimate of drug-likeness (QED) is 0.427. The van der Waals surface area contributed by atoms with Crippen LogP contribution in [0, 0.1) is 0 Å². The molecule has 1 aromatic heterocycles. The number of furan rings is 1. The fraction of sp³-hybridized carbons (Fsp3) is 0.120. The summed E-state index contributed by atoms with van der Waals surface area (Å²) in [7, 11) is 0. The summed E-state index contributed by atoms with van der Waals surface area (Å²) < 4.78 is 5.99. The third-order valence-corrected chi connectivity index (χ3v) is 5.91. The topological polar surface area (TPSA) is 76.5 Å². The van der Waals surface area contributed by atoms with E-state index in [1.807, 2.05) is 60.7 Å². The highest BCUT2D eigenvalue weighted by Crippen LogP contribution is 2.32. The normalized spacial score (nSPS) is 10.8. The fourth-order valence-corrected chi connectivity index (χ4v) is 4.45. The van der Waals surface area contributed by atoms with E-state index in [0.717, 1.165) is 16.7 Å². The summed E-state index contributed by atoms with van der Waals surface area (Å²) in [5, 5.41) is 0.901. The van der Waals surface area contributed by atoms with E-state index in [1.54, 1.807) is 23.9 Å². The minimum atomic E-state index is -0.590. The van der Waals surface area contributed by atoms with Crippen LogP contribution in [0.25, 0.3) is 11.0 Å². The van der Waals surface area contributed by atoms with Crippen molar-refractivity contribution in [3.8, 4) is 0 Å². The van der Waals surface area contributed by atoms with Gasteiger partial charge in [0.15, 0.2) is 5.76 Å². The SMILES string of the molecule is NC(=O)CN(C(=O)c1oc2ccccc2c1CSCc1ccccc1)c1ccccc1. The molecule has 5 nitrogen and oxygen atoms in total. The van der Waals surface area contributed by atoms with Gasteiger partial charge in [-0.1, -0.05) is 66.7 Å². The highest BCUT2D eigenvalue weighted by Gasteiger charge is 2.27. The maximum Gasteiger partial charge on any atom is 0.294 e. The first-order valence-corrected chi connectivity index (χ1v) is 11.1. The first kappa shape index (κ1) is 20.8. The first-order valence-electron chi connectivity index (χ1n) is 9.91. The predicted molar refractivity (Wildman–Crippen MR) is 125 cm³/mol. The van der Waals surface area contributed by atoms with Crippen LogP contribution in [0.2, 0.25) is 0 Å². The zero-order valence-electron chi connectivity index (χ0n) is 16.9. The van der Waals surface area contributed by atoms with Gasteiger partial charge in [0.05, 0.1) is 0 Å². The monoisotopic (exact) mass is 430 g/mol. The van der Waals surface area contributed by atoms with Gasteiger partial charge in [0.2, 0.25) is 5.91 Å². The van der Waals surface area contributed by atoms with Gasteiger partial charge in [-0.25, -0.2) is 0 Å². The number of amides is 2. The van der Waals surface area contributed by atoms with Crippen LogP contribution >= 0.6 is 11.8 Å². The molecular formula is C25H22N2O3S. The maximum atomic E-state index is 13.5. The minimum Gasteiger partial charge on any atom is -0.451 e. The van der Waals surface area contributed by atoms with Crippen molar-refractivity contribution in [2.75, 3.05) is 11.4 Å². The van der Waals surface area contributed by atoms with Crippen LogP contribution in [0.3, 0.4) is 0 Å². The summed E-state index contributed by atoms with van der Waals surface area (Å²) >= 11 is 1.71. The van der Waals surface area contributed by atoms with E-state index in [9.17, 15) is 9.59 Å². The summed E-state index contributed by atoms with van der Waals surface area (Å²) in [6.45, 7) is -0.226. The van der Waals surface area contributed by atoms with Crippen LogP contribution in [0.4, 0.5) is 5.69 Å². The Balaban J connectivity index is 1.67. The van der Waals surface area contributed by atoms with Crippen LogP contribution in [-0.2, 0) is 16.3 Å². The molecule has 156 valence electrons. The molecule has 0 atom stereocenters. The largest absolute Gasteiger partial charge is 0.451 e. The van der Waals surface area contributed by atoms with Crippen LogP contribution in [0.15, 0.2) is 89.3 Å². The molecule has 0 spiro atoms. The molecule has 0 aliphatic rings. The molecule has 0 radical (unpaired) electrons. The smallest absolute Gasteiger partial charge is 0.294 e. The average Bonchev–Trinajstić information content (AvgIpc) is 3.17. The van der Waals surface area contributed by atoms with E-state index in [2.05, 4.69) is 12.1 Å². The maximum absolute atomic E-state index is 13.5.